The molecule has 8 heteroatoms. The van der Waals surface area contributed by atoms with Gasteiger partial charge in [0.1, 0.15) is 6.54 Å². The first kappa shape index (κ1) is 21.7. The summed E-state index contributed by atoms with van der Waals surface area (Å²) in [6, 6.07) is 7.13. The van der Waals surface area contributed by atoms with Gasteiger partial charge in [0.05, 0.1) is 24.7 Å². The zero-order valence-electron chi connectivity index (χ0n) is 16.6. The third-order valence-electron chi connectivity index (χ3n) is 4.44. The molecule has 27 heavy (non-hydrogen) atoms. The largest absolute Gasteiger partial charge is 0.374 e. The van der Waals surface area contributed by atoms with E-state index in [9.17, 15) is 13.2 Å². The monoisotopic (exact) mass is 397 g/mol. The van der Waals surface area contributed by atoms with E-state index in [1.165, 1.54) is 0 Å². The number of nitrogens with one attached hydrogen (secondary N) is 1. The van der Waals surface area contributed by atoms with Gasteiger partial charge in [-0.2, -0.15) is 0 Å². The molecule has 1 aromatic rings. The summed E-state index contributed by atoms with van der Waals surface area (Å²) in [5.74, 6) is 0.240. The number of hydrogen-bond acceptors (Lipinski definition) is 5. The molecule has 0 aliphatic carbocycles. The molecule has 1 amide bonds. The van der Waals surface area contributed by atoms with E-state index in [-0.39, 0.29) is 18.6 Å². The van der Waals surface area contributed by atoms with E-state index >= 15 is 0 Å². The number of benzene rings is 1. The highest BCUT2D eigenvalue weighted by Gasteiger charge is 2.24. The molecule has 152 valence electrons. The standard InChI is InChI=1S/C19H31N3O4S/c1-15(2)12-21-9-10-26-17(13-21)11-20-19(23)14-22(27(4,24)25)18-8-6-5-7-16(18)3/h5-8,15,17H,9-14H2,1-4H3,(H,20,23). The maximum atomic E-state index is 12.4. The molecule has 1 atom stereocenters. The number of aryl methyl sites for hydroxylation is 1. The third kappa shape index (κ3) is 6.79. The maximum Gasteiger partial charge on any atom is 0.240 e. The summed E-state index contributed by atoms with van der Waals surface area (Å²) in [6.07, 6.45) is 1.03. The summed E-state index contributed by atoms with van der Waals surface area (Å²) >= 11 is 0. The number of ether oxygens (including phenoxy) is 1. The molecule has 0 bridgehead atoms. The van der Waals surface area contributed by atoms with Gasteiger partial charge in [0.15, 0.2) is 0 Å². The first-order chi connectivity index (χ1) is 12.7. The van der Waals surface area contributed by atoms with Gasteiger partial charge in [-0.15, -0.1) is 0 Å². The van der Waals surface area contributed by atoms with Crippen molar-refractivity contribution in [3.63, 3.8) is 0 Å². The Hall–Kier alpha value is -1.64. The van der Waals surface area contributed by atoms with Crippen LogP contribution < -0.4 is 9.62 Å². The van der Waals surface area contributed by atoms with Gasteiger partial charge in [-0.05, 0) is 24.5 Å². The van der Waals surface area contributed by atoms with E-state index in [0.29, 0.717) is 24.8 Å². The van der Waals surface area contributed by atoms with Gasteiger partial charge in [-0.3, -0.25) is 14.0 Å². The molecule has 1 unspecified atom stereocenters. The van der Waals surface area contributed by atoms with Crippen LogP contribution in [0.15, 0.2) is 24.3 Å². The third-order valence-corrected chi connectivity index (χ3v) is 5.57. The molecule has 0 aromatic heterocycles. The van der Waals surface area contributed by atoms with Crippen molar-refractivity contribution < 1.29 is 17.9 Å². The summed E-state index contributed by atoms with van der Waals surface area (Å²) < 4.78 is 31.2. The van der Waals surface area contributed by atoms with Crippen molar-refractivity contribution in [2.75, 3.05) is 49.9 Å². The first-order valence-electron chi connectivity index (χ1n) is 9.31. The van der Waals surface area contributed by atoms with Crippen LogP contribution in [-0.4, -0.2) is 70.9 Å². The van der Waals surface area contributed by atoms with Crippen molar-refractivity contribution in [1.29, 1.82) is 0 Å². The van der Waals surface area contributed by atoms with E-state index in [0.717, 1.165) is 35.8 Å². The Morgan fingerprint density at radius 3 is 2.70 bits per heavy atom. The smallest absolute Gasteiger partial charge is 0.240 e. The van der Waals surface area contributed by atoms with Crippen LogP contribution >= 0.6 is 0 Å². The average molecular weight is 398 g/mol. The second-order valence-electron chi connectivity index (χ2n) is 7.51. The minimum atomic E-state index is -3.57. The molecule has 1 aliphatic rings. The van der Waals surface area contributed by atoms with E-state index in [2.05, 4.69) is 24.1 Å². The lowest BCUT2D eigenvalue weighted by molar-refractivity contribution is -0.120. The zero-order valence-corrected chi connectivity index (χ0v) is 17.5. The zero-order chi connectivity index (χ0) is 20.0. The Kier molecular flexibility index (Phi) is 7.64. The number of morpholine rings is 1. The molecule has 2 rings (SSSR count). The summed E-state index contributed by atoms with van der Waals surface area (Å²) in [5.41, 5.74) is 1.32. The highest BCUT2D eigenvalue weighted by Crippen LogP contribution is 2.21. The quantitative estimate of drug-likeness (QED) is 0.714. The molecule has 0 saturated carbocycles. The molecular weight excluding hydrogens is 366 g/mol. The van der Waals surface area contributed by atoms with Crippen LogP contribution in [0.25, 0.3) is 0 Å². The number of rotatable bonds is 8. The molecule has 7 nitrogen and oxygen atoms in total. The molecule has 1 aliphatic heterocycles. The Labute approximate surface area is 162 Å². The number of hydrogen-bond donors (Lipinski definition) is 1. The van der Waals surface area contributed by atoms with Crippen molar-refractivity contribution in [2.45, 2.75) is 26.9 Å². The fourth-order valence-corrected chi connectivity index (χ4v) is 4.14. The molecular formula is C19H31N3O4S. The fraction of sp³-hybridized carbons (Fsp3) is 0.632. The van der Waals surface area contributed by atoms with Crippen LogP contribution in [0.4, 0.5) is 5.69 Å². The van der Waals surface area contributed by atoms with Crippen LogP contribution in [0.2, 0.25) is 0 Å². The van der Waals surface area contributed by atoms with Crippen LogP contribution in [0.5, 0.6) is 0 Å². The Morgan fingerprint density at radius 1 is 1.37 bits per heavy atom. The molecule has 0 radical (unpaired) electrons. The molecule has 1 fully saturated rings. The van der Waals surface area contributed by atoms with E-state index < -0.39 is 10.0 Å². The summed E-state index contributed by atoms with van der Waals surface area (Å²) in [7, 11) is -3.57. The van der Waals surface area contributed by atoms with Crippen LogP contribution in [0.1, 0.15) is 19.4 Å². The second-order valence-corrected chi connectivity index (χ2v) is 9.41. The maximum absolute atomic E-state index is 12.4. The van der Waals surface area contributed by atoms with Crippen molar-refractivity contribution >= 4 is 21.6 Å². The van der Waals surface area contributed by atoms with Crippen molar-refractivity contribution in [2.24, 2.45) is 5.92 Å². The number of carbonyl (C=O) groups excluding carboxylic acids is 1. The average Bonchev–Trinajstić information content (AvgIpc) is 2.57. The summed E-state index contributed by atoms with van der Waals surface area (Å²) in [4.78, 5) is 14.7. The summed E-state index contributed by atoms with van der Waals surface area (Å²) in [5, 5.41) is 2.82. The Bertz CT molecular complexity index is 736. The van der Waals surface area contributed by atoms with Crippen LogP contribution in [0.3, 0.4) is 0 Å². The second kappa shape index (κ2) is 9.52. The lowest BCUT2D eigenvalue weighted by Crippen LogP contribution is -2.49. The number of nitrogens with zero attached hydrogens (tertiary/aromatic N) is 2. The normalized spacial score (nSPS) is 18.5. The summed E-state index contributed by atoms with van der Waals surface area (Å²) in [6.45, 7) is 9.63. The van der Waals surface area contributed by atoms with Gasteiger partial charge in [-0.1, -0.05) is 32.0 Å². The predicted molar refractivity (Wildman–Crippen MR) is 107 cm³/mol. The molecule has 1 saturated heterocycles. The number of anilines is 1. The first-order valence-corrected chi connectivity index (χ1v) is 11.2. The van der Waals surface area contributed by atoms with Crippen LogP contribution in [0, 0.1) is 12.8 Å². The van der Waals surface area contributed by atoms with Gasteiger partial charge in [-0.25, -0.2) is 8.42 Å². The minimum Gasteiger partial charge on any atom is -0.374 e. The van der Waals surface area contributed by atoms with Crippen molar-refractivity contribution in [1.82, 2.24) is 10.2 Å². The number of amides is 1. The van der Waals surface area contributed by atoms with Crippen molar-refractivity contribution in [3.05, 3.63) is 29.8 Å². The van der Waals surface area contributed by atoms with Crippen molar-refractivity contribution in [3.8, 4) is 0 Å². The lowest BCUT2D eigenvalue weighted by Gasteiger charge is -2.34. The predicted octanol–water partition coefficient (Wildman–Crippen LogP) is 1.23. The topological polar surface area (TPSA) is 79.0 Å². The Balaban J connectivity index is 1.94. The van der Waals surface area contributed by atoms with Gasteiger partial charge in [0.25, 0.3) is 0 Å². The lowest BCUT2D eigenvalue weighted by atomic mass is 10.2. The molecule has 1 heterocycles. The van der Waals surface area contributed by atoms with Gasteiger partial charge in [0.2, 0.25) is 15.9 Å². The van der Waals surface area contributed by atoms with E-state index in [1.54, 1.807) is 12.1 Å². The van der Waals surface area contributed by atoms with Gasteiger partial charge >= 0.3 is 0 Å². The molecule has 0 spiro atoms. The molecule has 1 N–H and O–H groups in total. The number of sulfonamides is 1. The number of carbonyl (C=O) groups is 1. The highest BCUT2D eigenvalue weighted by atomic mass is 32.2. The van der Waals surface area contributed by atoms with Crippen LogP contribution in [-0.2, 0) is 19.6 Å². The van der Waals surface area contributed by atoms with Gasteiger partial charge in [0, 0.05) is 26.2 Å². The van der Waals surface area contributed by atoms with E-state index in [4.69, 9.17) is 4.74 Å². The van der Waals surface area contributed by atoms with Gasteiger partial charge < -0.3 is 10.1 Å². The highest BCUT2D eigenvalue weighted by molar-refractivity contribution is 7.92. The Morgan fingerprint density at radius 2 is 2.07 bits per heavy atom. The molecule has 1 aromatic carbocycles. The minimum absolute atomic E-state index is 0.0772. The van der Waals surface area contributed by atoms with E-state index in [1.807, 2.05) is 19.1 Å². The number of para-hydroxylation sites is 1. The SMILES string of the molecule is Cc1ccccc1N(CC(=O)NCC1CN(CC(C)C)CCO1)S(C)(=O)=O. The fourth-order valence-electron chi connectivity index (χ4n) is 3.22.